The van der Waals surface area contributed by atoms with Crippen LogP contribution in [0.4, 0.5) is 5.69 Å². The maximum Gasteiger partial charge on any atom is 0.332 e. The molecule has 0 saturated carbocycles. The standard InChI is InChI=1S/C21H23NO7/c1-5-29-19(28)21(18(26)27)10-14(16(23)12-6-8-13(22)9-7-12)20(3,4)15(11(21)2)17(24)25/h6-10H,5,22H2,1-4H3,(H,24,25)(H,26,27). The minimum absolute atomic E-state index is 0.109. The van der Waals surface area contributed by atoms with Crippen LogP contribution in [0.1, 0.15) is 38.1 Å². The zero-order chi connectivity index (χ0) is 22.1. The number of aliphatic carboxylic acids is 2. The van der Waals surface area contributed by atoms with Gasteiger partial charge in [0.05, 0.1) is 6.61 Å². The van der Waals surface area contributed by atoms with Gasteiger partial charge in [0.1, 0.15) is 0 Å². The topological polar surface area (TPSA) is 144 Å². The minimum atomic E-state index is -2.42. The first-order valence-corrected chi connectivity index (χ1v) is 8.90. The fourth-order valence-electron chi connectivity index (χ4n) is 3.64. The number of hydrogen-bond acceptors (Lipinski definition) is 6. The van der Waals surface area contributed by atoms with E-state index in [1.54, 1.807) is 0 Å². The Kier molecular flexibility index (Phi) is 5.69. The number of nitrogens with two attached hydrogens (primary N) is 1. The molecule has 1 aliphatic rings. The fourth-order valence-corrected chi connectivity index (χ4v) is 3.64. The van der Waals surface area contributed by atoms with E-state index in [0.717, 1.165) is 6.08 Å². The number of benzene rings is 1. The van der Waals surface area contributed by atoms with Crippen molar-refractivity contribution in [3.63, 3.8) is 0 Å². The lowest BCUT2D eigenvalue weighted by molar-refractivity contribution is -0.162. The number of carboxylic acid groups (broad SMARTS) is 2. The minimum Gasteiger partial charge on any atom is -0.480 e. The third kappa shape index (κ3) is 3.41. The summed E-state index contributed by atoms with van der Waals surface area (Å²) in [5, 5.41) is 19.8. The SMILES string of the molecule is CCOC(=O)C1(C(=O)O)C=C(C(=O)c2ccc(N)cc2)C(C)(C)C(C(=O)O)=C1C. The third-order valence-electron chi connectivity index (χ3n) is 5.19. The van der Waals surface area contributed by atoms with E-state index in [1.807, 2.05) is 0 Å². The summed E-state index contributed by atoms with van der Waals surface area (Å²) in [6.45, 7) is 5.65. The number of rotatable bonds is 6. The van der Waals surface area contributed by atoms with Crippen LogP contribution in [0.3, 0.4) is 0 Å². The van der Waals surface area contributed by atoms with Crippen LogP contribution in [0.25, 0.3) is 0 Å². The molecule has 1 atom stereocenters. The van der Waals surface area contributed by atoms with Gasteiger partial charge in [-0.2, -0.15) is 0 Å². The number of ether oxygens (including phenoxy) is 1. The Hall–Kier alpha value is -3.42. The molecule has 8 nitrogen and oxygen atoms in total. The number of Topliss-reactive ketones (excluding diaryl/α,β-unsaturated/α-hetero) is 1. The van der Waals surface area contributed by atoms with Crippen LogP contribution < -0.4 is 5.73 Å². The molecule has 1 aromatic carbocycles. The molecule has 2 rings (SSSR count). The summed E-state index contributed by atoms with van der Waals surface area (Å²) in [6, 6.07) is 5.90. The molecule has 154 valence electrons. The van der Waals surface area contributed by atoms with Crippen molar-refractivity contribution in [3.05, 3.63) is 52.6 Å². The number of carbonyl (C=O) groups excluding carboxylic acids is 2. The Morgan fingerprint density at radius 1 is 1.07 bits per heavy atom. The Balaban J connectivity index is 2.85. The van der Waals surface area contributed by atoms with Gasteiger partial charge >= 0.3 is 17.9 Å². The van der Waals surface area contributed by atoms with Crippen LogP contribution in [-0.4, -0.2) is 40.5 Å². The van der Waals surface area contributed by atoms with Crippen LogP contribution in [-0.2, 0) is 19.1 Å². The Bertz CT molecular complexity index is 954. The molecule has 0 fully saturated rings. The molecule has 29 heavy (non-hydrogen) atoms. The van der Waals surface area contributed by atoms with Gasteiger partial charge in [-0.3, -0.25) is 14.4 Å². The molecular weight excluding hydrogens is 378 g/mol. The lowest BCUT2D eigenvalue weighted by Gasteiger charge is -2.39. The molecular formula is C21H23NO7. The Morgan fingerprint density at radius 3 is 2.07 bits per heavy atom. The van der Waals surface area contributed by atoms with Gasteiger partial charge in [0, 0.05) is 27.8 Å². The molecule has 0 aromatic heterocycles. The van der Waals surface area contributed by atoms with Crippen LogP contribution >= 0.6 is 0 Å². The van der Waals surface area contributed by atoms with Gasteiger partial charge in [-0.25, -0.2) is 4.79 Å². The number of carbonyl (C=O) groups is 4. The number of nitrogen functional groups attached to an aromatic ring is 1. The number of allylic oxidation sites excluding steroid dienone is 1. The van der Waals surface area contributed by atoms with Gasteiger partial charge in [-0.15, -0.1) is 0 Å². The van der Waals surface area contributed by atoms with E-state index in [-0.39, 0.29) is 28.9 Å². The molecule has 0 saturated heterocycles. The molecule has 1 aromatic rings. The van der Waals surface area contributed by atoms with Crippen molar-refractivity contribution < 1.29 is 34.1 Å². The van der Waals surface area contributed by atoms with E-state index in [2.05, 4.69) is 0 Å². The van der Waals surface area contributed by atoms with Crippen molar-refractivity contribution in [1.29, 1.82) is 0 Å². The third-order valence-corrected chi connectivity index (χ3v) is 5.19. The van der Waals surface area contributed by atoms with Crippen LogP contribution in [0.5, 0.6) is 0 Å². The Morgan fingerprint density at radius 2 is 1.62 bits per heavy atom. The average Bonchev–Trinajstić information content (AvgIpc) is 2.61. The number of hydrogen-bond donors (Lipinski definition) is 3. The second-order valence-electron chi connectivity index (χ2n) is 7.27. The maximum absolute atomic E-state index is 13.2. The summed E-state index contributed by atoms with van der Waals surface area (Å²) in [5.74, 6) is -4.79. The molecule has 4 N–H and O–H groups in total. The predicted molar refractivity (Wildman–Crippen MR) is 104 cm³/mol. The largest absolute Gasteiger partial charge is 0.480 e. The Labute approximate surface area is 167 Å². The summed E-state index contributed by atoms with van der Waals surface area (Å²) < 4.78 is 4.94. The number of ketones is 1. The maximum atomic E-state index is 13.2. The molecule has 0 amide bonds. The first-order valence-electron chi connectivity index (χ1n) is 8.90. The van der Waals surface area contributed by atoms with E-state index in [1.165, 1.54) is 52.0 Å². The van der Waals surface area contributed by atoms with Crippen molar-refractivity contribution in [3.8, 4) is 0 Å². The summed E-state index contributed by atoms with van der Waals surface area (Å²) in [5.41, 5.74) is 1.81. The summed E-state index contributed by atoms with van der Waals surface area (Å²) >= 11 is 0. The lowest BCUT2D eigenvalue weighted by Crippen LogP contribution is -2.47. The van der Waals surface area contributed by atoms with Crippen molar-refractivity contribution in [2.45, 2.75) is 27.7 Å². The molecule has 0 aliphatic heterocycles. The smallest absolute Gasteiger partial charge is 0.332 e. The zero-order valence-electron chi connectivity index (χ0n) is 16.6. The molecule has 0 bridgehead atoms. The molecule has 1 unspecified atom stereocenters. The van der Waals surface area contributed by atoms with Crippen LogP contribution in [0.2, 0.25) is 0 Å². The summed E-state index contributed by atoms with van der Waals surface area (Å²) in [4.78, 5) is 50.2. The first-order chi connectivity index (χ1) is 13.4. The first kappa shape index (κ1) is 21.9. The van der Waals surface area contributed by atoms with Crippen molar-refractivity contribution in [1.82, 2.24) is 0 Å². The normalized spacial score (nSPS) is 20.6. The number of esters is 1. The highest BCUT2D eigenvalue weighted by Crippen LogP contribution is 2.50. The molecule has 0 heterocycles. The molecule has 1 aliphatic carbocycles. The van der Waals surface area contributed by atoms with Gasteiger partial charge in [0.15, 0.2) is 5.78 Å². The van der Waals surface area contributed by atoms with E-state index in [0.29, 0.717) is 5.69 Å². The monoisotopic (exact) mass is 401 g/mol. The highest BCUT2D eigenvalue weighted by atomic mass is 16.5. The lowest BCUT2D eigenvalue weighted by atomic mass is 9.61. The second-order valence-corrected chi connectivity index (χ2v) is 7.27. The van der Waals surface area contributed by atoms with Gasteiger partial charge in [0.25, 0.3) is 0 Å². The van der Waals surface area contributed by atoms with Crippen LogP contribution in [0.15, 0.2) is 47.1 Å². The van der Waals surface area contributed by atoms with Gasteiger partial charge in [-0.1, -0.05) is 13.8 Å². The fraction of sp³-hybridized carbons (Fsp3) is 0.333. The average molecular weight is 401 g/mol. The van der Waals surface area contributed by atoms with Gasteiger partial charge in [-0.05, 0) is 49.8 Å². The highest BCUT2D eigenvalue weighted by molar-refractivity contribution is 6.16. The van der Waals surface area contributed by atoms with Crippen LogP contribution in [0, 0.1) is 10.8 Å². The van der Waals surface area contributed by atoms with E-state index in [9.17, 15) is 29.4 Å². The number of anilines is 1. The highest BCUT2D eigenvalue weighted by Gasteiger charge is 2.56. The zero-order valence-corrected chi connectivity index (χ0v) is 16.6. The van der Waals surface area contributed by atoms with E-state index < -0.39 is 34.5 Å². The van der Waals surface area contributed by atoms with Crippen molar-refractivity contribution in [2.24, 2.45) is 10.8 Å². The number of carboxylic acids is 2. The van der Waals surface area contributed by atoms with Crippen molar-refractivity contribution >= 4 is 29.4 Å². The second kappa shape index (κ2) is 7.54. The van der Waals surface area contributed by atoms with Gasteiger partial charge < -0.3 is 20.7 Å². The summed E-state index contributed by atoms with van der Waals surface area (Å²) in [7, 11) is 0. The molecule has 0 spiro atoms. The predicted octanol–water partition coefficient (Wildman–Crippen LogP) is 2.45. The molecule has 0 radical (unpaired) electrons. The quantitative estimate of drug-likeness (QED) is 0.285. The van der Waals surface area contributed by atoms with Crippen molar-refractivity contribution in [2.75, 3.05) is 12.3 Å². The van der Waals surface area contributed by atoms with E-state index >= 15 is 0 Å². The molecule has 8 heteroatoms. The van der Waals surface area contributed by atoms with E-state index in [4.69, 9.17) is 10.5 Å². The van der Waals surface area contributed by atoms with Gasteiger partial charge in [0.2, 0.25) is 5.41 Å². The summed E-state index contributed by atoms with van der Waals surface area (Å²) in [6.07, 6.45) is 1.02.